The van der Waals surface area contributed by atoms with Crippen LogP contribution in [0.4, 0.5) is 5.69 Å². The van der Waals surface area contributed by atoms with Crippen LogP contribution in [0.15, 0.2) is 18.2 Å². The first-order valence-electron chi connectivity index (χ1n) is 6.96. The van der Waals surface area contributed by atoms with Crippen LogP contribution in [0.3, 0.4) is 0 Å². The average molecular weight is 294 g/mol. The van der Waals surface area contributed by atoms with Gasteiger partial charge in [-0.15, -0.1) is 0 Å². The SMILES string of the molecule is COc1cc(OC)cc(N2CCC(N(C)CCO)C2=O)c1. The van der Waals surface area contributed by atoms with E-state index in [4.69, 9.17) is 14.6 Å². The number of nitrogens with zero attached hydrogens (tertiary/aromatic N) is 2. The lowest BCUT2D eigenvalue weighted by atomic mass is 10.2. The summed E-state index contributed by atoms with van der Waals surface area (Å²) in [5.41, 5.74) is 0.774. The number of aliphatic hydroxyl groups is 1. The molecule has 0 spiro atoms. The van der Waals surface area contributed by atoms with Crippen molar-refractivity contribution in [2.75, 3.05) is 45.9 Å². The molecule has 1 atom stereocenters. The third-order valence-electron chi connectivity index (χ3n) is 3.81. The zero-order valence-corrected chi connectivity index (χ0v) is 12.7. The van der Waals surface area contributed by atoms with E-state index in [9.17, 15) is 4.79 Å². The molecule has 1 aliphatic heterocycles. The van der Waals surface area contributed by atoms with Crippen LogP contribution in [0.2, 0.25) is 0 Å². The molecule has 6 heteroatoms. The molecule has 1 amide bonds. The van der Waals surface area contributed by atoms with E-state index in [1.807, 2.05) is 24.1 Å². The molecule has 1 aliphatic rings. The van der Waals surface area contributed by atoms with Gasteiger partial charge in [-0.1, -0.05) is 0 Å². The van der Waals surface area contributed by atoms with E-state index < -0.39 is 0 Å². The number of likely N-dealkylation sites (N-methyl/N-ethyl adjacent to an activating group) is 1. The minimum absolute atomic E-state index is 0.0428. The molecular weight excluding hydrogens is 272 g/mol. The van der Waals surface area contributed by atoms with Gasteiger partial charge >= 0.3 is 0 Å². The van der Waals surface area contributed by atoms with Gasteiger partial charge < -0.3 is 19.5 Å². The number of benzene rings is 1. The fraction of sp³-hybridized carbons (Fsp3) is 0.533. The molecule has 116 valence electrons. The first-order chi connectivity index (χ1) is 10.1. The van der Waals surface area contributed by atoms with Gasteiger partial charge in [0.05, 0.1) is 32.6 Å². The Bertz CT molecular complexity index is 484. The van der Waals surface area contributed by atoms with Gasteiger partial charge in [-0.05, 0) is 13.5 Å². The van der Waals surface area contributed by atoms with E-state index in [0.29, 0.717) is 24.6 Å². The van der Waals surface area contributed by atoms with E-state index in [-0.39, 0.29) is 18.6 Å². The summed E-state index contributed by atoms with van der Waals surface area (Å²) < 4.78 is 10.5. The third-order valence-corrected chi connectivity index (χ3v) is 3.81. The monoisotopic (exact) mass is 294 g/mol. The van der Waals surface area contributed by atoms with Gasteiger partial charge in [0.15, 0.2) is 0 Å². The maximum atomic E-state index is 12.5. The first kappa shape index (κ1) is 15.6. The number of carbonyl (C=O) groups excluding carboxylic acids is 1. The molecule has 0 bridgehead atoms. The van der Waals surface area contributed by atoms with E-state index in [2.05, 4.69) is 0 Å². The highest BCUT2D eigenvalue weighted by atomic mass is 16.5. The second-order valence-electron chi connectivity index (χ2n) is 5.07. The summed E-state index contributed by atoms with van der Waals surface area (Å²) in [4.78, 5) is 16.2. The molecule has 1 fully saturated rings. The van der Waals surface area contributed by atoms with Crippen molar-refractivity contribution in [3.05, 3.63) is 18.2 Å². The van der Waals surface area contributed by atoms with Gasteiger partial charge in [0.2, 0.25) is 5.91 Å². The molecule has 0 radical (unpaired) electrons. The van der Waals surface area contributed by atoms with E-state index in [1.54, 1.807) is 25.2 Å². The Hall–Kier alpha value is -1.79. The van der Waals surface area contributed by atoms with Gasteiger partial charge in [0.25, 0.3) is 0 Å². The van der Waals surface area contributed by atoms with Gasteiger partial charge in [0.1, 0.15) is 11.5 Å². The number of methoxy groups -OCH3 is 2. The molecule has 6 nitrogen and oxygen atoms in total. The number of aliphatic hydroxyl groups excluding tert-OH is 1. The lowest BCUT2D eigenvalue weighted by Gasteiger charge is -2.23. The Labute approximate surface area is 124 Å². The lowest BCUT2D eigenvalue weighted by Crippen LogP contribution is -2.40. The van der Waals surface area contributed by atoms with Gasteiger partial charge in [-0.3, -0.25) is 9.69 Å². The molecule has 0 aromatic heterocycles. The largest absolute Gasteiger partial charge is 0.497 e. The number of hydrogen-bond donors (Lipinski definition) is 1. The maximum Gasteiger partial charge on any atom is 0.244 e. The highest BCUT2D eigenvalue weighted by Gasteiger charge is 2.35. The highest BCUT2D eigenvalue weighted by molar-refractivity contribution is 5.99. The minimum atomic E-state index is -0.186. The zero-order valence-electron chi connectivity index (χ0n) is 12.7. The predicted molar refractivity (Wildman–Crippen MR) is 80.0 cm³/mol. The molecule has 1 N–H and O–H groups in total. The number of rotatable bonds is 6. The molecule has 1 heterocycles. The minimum Gasteiger partial charge on any atom is -0.497 e. The van der Waals surface area contributed by atoms with Crippen LogP contribution in [-0.4, -0.2) is 62.9 Å². The van der Waals surface area contributed by atoms with Crippen LogP contribution in [-0.2, 0) is 4.79 Å². The number of amides is 1. The Balaban J connectivity index is 2.21. The van der Waals surface area contributed by atoms with Crippen LogP contribution >= 0.6 is 0 Å². The van der Waals surface area contributed by atoms with Gasteiger partial charge in [-0.25, -0.2) is 0 Å². The molecule has 1 aromatic rings. The summed E-state index contributed by atoms with van der Waals surface area (Å²) in [6.07, 6.45) is 0.745. The van der Waals surface area contributed by atoms with Crippen molar-refractivity contribution in [2.45, 2.75) is 12.5 Å². The number of carbonyl (C=O) groups is 1. The fourth-order valence-electron chi connectivity index (χ4n) is 2.59. The van der Waals surface area contributed by atoms with E-state index in [1.165, 1.54) is 0 Å². The van der Waals surface area contributed by atoms with E-state index >= 15 is 0 Å². The normalized spacial score (nSPS) is 18.4. The van der Waals surface area contributed by atoms with Gasteiger partial charge in [-0.2, -0.15) is 0 Å². The van der Waals surface area contributed by atoms with Crippen LogP contribution in [0.5, 0.6) is 11.5 Å². The van der Waals surface area contributed by atoms with Crippen molar-refractivity contribution < 1.29 is 19.4 Å². The third kappa shape index (κ3) is 3.28. The van der Waals surface area contributed by atoms with Crippen molar-refractivity contribution in [3.8, 4) is 11.5 Å². The first-order valence-corrected chi connectivity index (χ1v) is 6.96. The molecule has 0 saturated carbocycles. The molecule has 2 rings (SSSR count). The lowest BCUT2D eigenvalue weighted by molar-refractivity contribution is -0.121. The standard InChI is InChI=1S/C15H22N2O4/c1-16(6-7-18)14-4-5-17(15(14)19)11-8-12(20-2)10-13(9-11)21-3/h8-10,14,18H,4-7H2,1-3H3. The van der Waals surface area contributed by atoms with Crippen LogP contribution in [0.25, 0.3) is 0 Å². The van der Waals surface area contributed by atoms with E-state index in [0.717, 1.165) is 12.1 Å². The van der Waals surface area contributed by atoms with Gasteiger partial charge in [0, 0.05) is 31.3 Å². The quantitative estimate of drug-likeness (QED) is 0.838. The van der Waals surface area contributed by atoms with Crippen molar-refractivity contribution >= 4 is 11.6 Å². The topological polar surface area (TPSA) is 62.2 Å². The summed E-state index contributed by atoms with van der Waals surface area (Å²) in [7, 11) is 5.03. The summed E-state index contributed by atoms with van der Waals surface area (Å²) >= 11 is 0. The number of hydrogen-bond acceptors (Lipinski definition) is 5. The van der Waals surface area contributed by atoms with Crippen molar-refractivity contribution in [2.24, 2.45) is 0 Å². The van der Waals surface area contributed by atoms with Crippen molar-refractivity contribution in [1.29, 1.82) is 0 Å². The number of anilines is 1. The Morgan fingerprint density at radius 3 is 2.43 bits per heavy atom. The smallest absolute Gasteiger partial charge is 0.244 e. The zero-order chi connectivity index (χ0) is 15.4. The molecule has 1 aromatic carbocycles. The van der Waals surface area contributed by atoms with Crippen LogP contribution < -0.4 is 14.4 Å². The second kappa shape index (κ2) is 6.78. The van der Waals surface area contributed by atoms with Crippen molar-refractivity contribution in [1.82, 2.24) is 4.90 Å². The predicted octanol–water partition coefficient (Wildman–Crippen LogP) is 0.733. The number of ether oxygens (including phenoxy) is 2. The molecular formula is C15H22N2O4. The molecule has 0 aliphatic carbocycles. The second-order valence-corrected chi connectivity index (χ2v) is 5.07. The molecule has 1 unspecified atom stereocenters. The molecule has 1 saturated heterocycles. The van der Waals surface area contributed by atoms with Crippen LogP contribution in [0.1, 0.15) is 6.42 Å². The van der Waals surface area contributed by atoms with Crippen molar-refractivity contribution in [3.63, 3.8) is 0 Å². The van der Waals surface area contributed by atoms with Crippen LogP contribution in [0, 0.1) is 0 Å². The Morgan fingerprint density at radius 1 is 1.29 bits per heavy atom. The fourth-order valence-corrected chi connectivity index (χ4v) is 2.59. The maximum absolute atomic E-state index is 12.5. The average Bonchev–Trinajstić information content (AvgIpc) is 2.88. The Kier molecular flexibility index (Phi) is 5.03. The summed E-state index contributed by atoms with van der Waals surface area (Å²) in [5.74, 6) is 1.36. The highest BCUT2D eigenvalue weighted by Crippen LogP contribution is 2.31. The molecule has 21 heavy (non-hydrogen) atoms. The summed E-state index contributed by atoms with van der Waals surface area (Å²) in [5, 5.41) is 9.00. The Morgan fingerprint density at radius 2 is 1.90 bits per heavy atom. The summed E-state index contributed by atoms with van der Waals surface area (Å²) in [6, 6.07) is 5.25. The summed E-state index contributed by atoms with van der Waals surface area (Å²) in [6.45, 7) is 1.19.